The predicted octanol–water partition coefficient (Wildman–Crippen LogP) is 3.76. The number of hydrogen-bond donors (Lipinski definition) is 0. The van der Waals surface area contributed by atoms with Crippen LogP contribution in [0.3, 0.4) is 0 Å². The number of aryl methyl sites for hydroxylation is 1. The Balaban J connectivity index is 1.64. The Labute approximate surface area is 171 Å². The van der Waals surface area contributed by atoms with Crippen molar-refractivity contribution in [2.24, 2.45) is 0 Å². The van der Waals surface area contributed by atoms with Gasteiger partial charge in [-0.15, -0.1) is 11.3 Å². The van der Waals surface area contributed by atoms with Crippen molar-refractivity contribution in [3.63, 3.8) is 0 Å². The highest BCUT2D eigenvalue weighted by Gasteiger charge is 2.34. The van der Waals surface area contributed by atoms with E-state index in [2.05, 4.69) is 5.10 Å². The Morgan fingerprint density at radius 3 is 2.76 bits per heavy atom. The van der Waals surface area contributed by atoms with Gasteiger partial charge in [-0.1, -0.05) is 12.1 Å². The standard InChI is InChI=1S/C21H22FN3O3S/c1-13-16-11-18(19(26)24-10-4-3-5-17(24)21(27)28-2)29-20(16)25(23-13)12-14-6-8-15(22)9-7-14/h6-9,11,17H,3-5,10,12H2,1-2H3/t17-/m1/s1. The molecule has 2 aromatic heterocycles. The van der Waals surface area contributed by atoms with Crippen molar-refractivity contribution in [3.05, 3.63) is 52.3 Å². The predicted molar refractivity (Wildman–Crippen MR) is 109 cm³/mol. The monoisotopic (exact) mass is 415 g/mol. The number of amides is 1. The highest BCUT2D eigenvalue weighted by atomic mass is 32.1. The Bertz CT molecular complexity index is 1060. The van der Waals surface area contributed by atoms with Gasteiger partial charge < -0.3 is 9.64 Å². The third kappa shape index (κ3) is 3.76. The number of carbonyl (C=O) groups excluding carboxylic acids is 2. The molecule has 8 heteroatoms. The second kappa shape index (κ2) is 7.94. The zero-order valence-electron chi connectivity index (χ0n) is 16.4. The Kier molecular flexibility index (Phi) is 5.36. The van der Waals surface area contributed by atoms with Gasteiger partial charge in [0.15, 0.2) is 0 Å². The molecule has 1 fully saturated rings. The molecule has 1 amide bonds. The first-order valence-electron chi connectivity index (χ1n) is 9.58. The second-order valence-electron chi connectivity index (χ2n) is 7.23. The number of aromatic nitrogens is 2. The molecule has 0 spiro atoms. The van der Waals surface area contributed by atoms with Crippen LogP contribution in [-0.4, -0.2) is 46.3 Å². The average Bonchev–Trinajstić information content (AvgIpc) is 3.30. The molecule has 6 nitrogen and oxygen atoms in total. The maximum Gasteiger partial charge on any atom is 0.328 e. The minimum Gasteiger partial charge on any atom is -0.467 e. The average molecular weight is 415 g/mol. The molecule has 152 valence electrons. The molecule has 1 aliphatic rings. The van der Waals surface area contributed by atoms with Crippen LogP contribution in [0.4, 0.5) is 4.39 Å². The summed E-state index contributed by atoms with van der Waals surface area (Å²) in [5.41, 5.74) is 1.76. The van der Waals surface area contributed by atoms with E-state index in [4.69, 9.17) is 4.74 Å². The first kappa shape index (κ1) is 19.6. The van der Waals surface area contributed by atoms with Crippen LogP contribution >= 0.6 is 11.3 Å². The number of piperidine rings is 1. The lowest BCUT2D eigenvalue weighted by Gasteiger charge is -2.33. The van der Waals surface area contributed by atoms with Gasteiger partial charge in [0.05, 0.1) is 24.2 Å². The Morgan fingerprint density at radius 2 is 2.03 bits per heavy atom. The van der Waals surface area contributed by atoms with Crippen molar-refractivity contribution in [3.8, 4) is 0 Å². The van der Waals surface area contributed by atoms with Crippen molar-refractivity contribution in [2.75, 3.05) is 13.7 Å². The first-order chi connectivity index (χ1) is 14.0. The molecule has 0 unspecified atom stereocenters. The summed E-state index contributed by atoms with van der Waals surface area (Å²) in [5, 5.41) is 5.49. The van der Waals surface area contributed by atoms with Crippen molar-refractivity contribution < 1.29 is 18.7 Å². The lowest BCUT2D eigenvalue weighted by Crippen LogP contribution is -2.48. The fourth-order valence-corrected chi connectivity index (χ4v) is 4.90. The molecule has 1 atom stereocenters. The number of likely N-dealkylation sites (tertiary alicyclic amines) is 1. The Hall–Kier alpha value is -2.74. The molecule has 1 saturated heterocycles. The van der Waals surface area contributed by atoms with Gasteiger partial charge in [-0.05, 0) is 49.9 Å². The lowest BCUT2D eigenvalue weighted by atomic mass is 10.0. The number of benzene rings is 1. The van der Waals surface area contributed by atoms with E-state index in [1.807, 2.05) is 17.7 Å². The molecular weight excluding hydrogens is 393 g/mol. The number of esters is 1. The minimum atomic E-state index is -0.525. The zero-order chi connectivity index (χ0) is 20.5. The number of carbonyl (C=O) groups is 2. The van der Waals surface area contributed by atoms with Crippen LogP contribution in [0.5, 0.6) is 0 Å². The zero-order valence-corrected chi connectivity index (χ0v) is 17.2. The summed E-state index contributed by atoms with van der Waals surface area (Å²) in [6.07, 6.45) is 2.41. The van der Waals surface area contributed by atoms with Gasteiger partial charge in [0.1, 0.15) is 16.7 Å². The highest BCUT2D eigenvalue weighted by molar-refractivity contribution is 7.20. The van der Waals surface area contributed by atoms with E-state index in [1.165, 1.54) is 30.6 Å². The SMILES string of the molecule is COC(=O)[C@H]1CCCCN1C(=O)c1cc2c(C)nn(Cc3ccc(F)cc3)c2s1. The van der Waals surface area contributed by atoms with E-state index < -0.39 is 6.04 Å². The van der Waals surface area contributed by atoms with Gasteiger partial charge in [0.25, 0.3) is 5.91 Å². The molecule has 0 bridgehead atoms. The topological polar surface area (TPSA) is 64.4 Å². The molecule has 0 saturated carbocycles. The summed E-state index contributed by atoms with van der Waals surface area (Å²) < 4.78 is 19.9. The number of nitrogens with zero attached hydrogens (tertiary/aromatic N) is 3. The second-order valence-corrected chi connectivity index (χ2v) is 8.26. The maximum absolute atomic E-state index is 13.2. The molecular formula is C21H22FN3O3S. The molecule has 29 heavy (non-hydrogen) atoms. The summed E-state index contributed by atoms with van der Waals surface area (Å²) in [6, 6.07) is 7.64. The number of hydrogen-bond acceptors (Lipinski definition) is 5. The summed E-state index contributed by atoms with van der Waals surface area (Å²) in [5.74, 6) is -0.784. The van der Waals surface area contributed by atoms with Crippen molar-refractivity contribution in [2.45, 2.75) is 38.8 Å². The third-order valence-corrected chi connectivity index (χ3v) is 6.44. The van der Waals surface area contributed by atoms with Crippen LogP contribution < -0.4 is 0 Å². The fourth-order valence-electron chi connectivity index (χ4n) is 3.79. The summed E-state index contributed by atoms with van der Waals surface area (Å²) in [7, 11) is 1.35. The van der Waals surface area contributed by atoms with E-state index in [-0.39, 0.29) is 17.7 Å². The first-order valence-corrected chi connectivity index (χ1v) is 10.4. The van der Waals surface area contributed by atoms with Crippen molar-refractivity contribution >= 4 is 33.4 Å². The molecule has 3 aromatic rings. The lowest BCUT2D eigenvalue weighted by molar-refractivity contribution is -0.147. The van der Waals surface area contributed by atoms with Crippen molar-refractivity contribution in [1.82, 2.24) is 14.7 Å². The minimum absolute atomic E-state index is 0.144. The molecule has 0 radical (unpaired) electrons. The van der Waals surface area contributed by atoms with Crippen LogP contribution in [0.2, 0.25) is 0 Å². The summed E-state index contributed by atoms with van der Waals surface area (Å²) in [6.45, 7) is 2.95. The molecule has 0 N–H and O–H groups in total. The van der Waals surface area contributed by atoms with Crippen molar-refractivity contribution in [1.29, 1.82) is 0 Å². The van der Waals surface area contributed by atoms with E-state index in [1.54, 1.807) is 17.0 Å². The molecule has 3 heterocycles. The number of methoxy groups -OCH3 is 1. The Morgan fingerprint density at radius 1 is 1.28 bits per heavy atom. The van der Waals surface area contributed by atoms with Crippen LogP contribution in [0, 0.1) is 12.7 Å². The quantitative estimate of drug-likeness (QED) is 0.609. The van der Waals surface area contributed by atoms with Crippen LogP contribution in [0.15, 0.2) is 30.3 Å². The fraction of sp³-hybridized carbons (Fsp3) is 0.381. The van der Waals surface area contributed by atoms with E-state index in [9.17, 15) is 14.0 Å². The molecule has 4 rings (SSSR count). The summed E-state index contributed by atoms with van der Waals surface area (Å²) in [4.78, 5) is 28.4. The molecule has 1 aliphatic heterocycles. The third-order valence-electron chi connectivity index (χ3n) is 5.30. The van der Waals surface area contributed by atoms with Crippen LogP contribution in [0.25, 0.3) is 10.2 Å². The van der Waals surface area contributed by atoms with Gasteiger partial charge in [-0.25, -0.2) is 9.18 Å². The number of halogens is 1. The van der Waals surface area contributed by atoms with Gasteiger partial charge in [-0.3, -0.25) is 9.48 Å². The molecule has 0 aliphatic carbocycles. The molecule has 1 aromatic carbocycles. The summed E-state index contributed by atoms with van der Waals surface area (Å²) >= 11 is 1.37. The van der Waals surface area contributed by atoms with Gasteiger partial charge in [-0.2, -0.15) is 5.10 Å². The van der Waals surface area contributed by atoms with Gasteiger partial charge in [0, 0.05) is 11.9 Å². The number of fused-ring (bicyclic) bond motifs is 1. The maximum atomic E-state index is 13.2. The number of ether oxygens (including phenoxy) is 1. The highest BCUT2D eigenvalue weighted by Crippen LogP contribution is 2.31. The van der Waals surface area contributed by atoms with E-state index in [0.717, 1.165) is 34.3 Å². The number of rotatable bonds is 4. The van der Waals surface area contributed by atoms with E-state index >= 15 is 0 Å². The number of thiophene rings is 1. The van der Waals surface area contributed by atoms with E-state index in [0.29, 0.717) is 24.4 Å². The normalized spacial score (nSPS) is 16.9. The largest absolute Gasteiger partial charge is 0.467 e. The van der Waals surface area contributed by atoms with Gasteiger partial charge in [0.2, 0.25) is 0 Å². The smallest absolute Gasteiger partial charge is 0.328 e. The van der Waals surface area contributed by atoms with Crippen LogP contribution in [-0.2, 0) is 16.1 Å². The van der Waals surface area contributed by atoms with Gasteiger partial charge >= 0.3 is 5.97 Å². The van der Waals surface area contributed by atoms with Crippen LogP contribution in [0.1, 0.15) is 40.2 Å².